The lowest BCUT2D eigenvalue weighted by molar-refractivity contribution is 0.0600. The van der Waals surface area contributed by atoms with Gasteiger partial charge in [-0.2, -0.15) is 0 Å². The smallest absolute Gasteiger partial charge is 0.337 e. The Morgan fingerprint density at radius 2 is 1.68 bits per heavy atom. The summed E-state index contributed by atoms with van der Waals surface area (Å²) in [7, 11) is 5.36. The van der Waals surface area contributed by atoms with Crippen molar-refractivity contribution in [1.29, 1.82) is 0 Å². The van der Waals surface area contributed by atoms with Gasteiger partial charge in [0.25, 0.3) is 11.8 Å². The van der Waals surface area contributed by atoms with Crippen molar-refractivity contribution >= 4 is 17.8 Å². The van der Waals surface area contributed by atoms with E-state index in [1.165, 1.54) is 7.11 Å². The average Bonchev–Trinajstić information content (AvgIpc) is 3.46. The molecule has 2 aromatic rings. The van der Waals surface area contributed by atoms with Crippen LogP contribution < -0.4 is 0 Å². The Kier molecular flexibility index (Phi) is 13.1. The Morgan fingerprint density at radius 1 is 1.00 bits per heavy atom. The van der Waals surface area contributed by atoms with Crippen molar-refractivity contribution in [3.8, 4) is 11.4 Å². The van der Waals surface area contributed by atoms with E-state index in [2.05, 4.69) is 31.9 Å². The van der Waals surface area contributed by atoms with E-state index in [9.17, 15) is 14.4 Å². The zero-order valence-corrected chi connectivity index (χ0v) is 27.2. The molecule has 9 nitrogen and oxygen atoms in total. The molecule has 0 N–H and O–H groups in total. The second-order valence-corrected chi connectivity index (χ2v) is 11.5. The number of esters is 1. The number of nitrogens with zero attached hydrogens (tertiary/aromatic N) is 5. The maximum absolute atomic E-state index is 14.2. The van der Waals surface area contributed by atoms with E-state index in [-0.39, 0.29) is 17.4 Å². The molecule has 0 aliphatic carbocycles. The lowest BCUT2D eigenvalue weighted by Gasteiger charge is -2.30. The van der Waals surface area contributed by atoms with Gasteiger partial charge in [-0.3, -0.25) is 9.59 Å². The Morgan fingerprint density at radius 3 is 2.27 bits per heavy atom. The van der Waals surface area contributed by atoms with Gasteiger partial charge < -0.3 is 24.0 Å². The number of aryl methyl sites for hydroxylation is 1. The second-order valence-electron chi connectivity index (χ2n) is 11.5. The van der Waals surface area contributed by atoms with E-state index < -0.39 is 5.97 Å². The van der Waals surface area contributed by atoms with E-state index in [0.29, 0.717) is 61.8 Å². The zero-order valence-electron chi connectivity index (χ0n) is 27.2. The molecule has 1 aliphatic rings. The van der Waals surface area contributed by atoms with E-state index in [1.54, 1.807) is 29.2 Å². The first-order valence-electron chi connectivity index (χ1n) is 15.7. The Labute approximate surface area is 262 Å². The summed E-state index contributed by atoms with van der Waals surface area (Å²) in [5.41, 5.74) is 3.56. The number of carbonyl (C=O) groups is 3. The summed E-state index contributed by atoms with van der Waals surface area (Å²) in [5, 5.41) is 0. The Bertz CT molecular complexity index is 1370. The van der Waals surface area contributed by atoms with Crippen LogP contribution in [-0.2, 0) is 11.3 Å². The van der Waals surface area contributed by atoms with Gasteiger partial charge in [0.1, 0.15) is 11.5 Å². The van der Waals surface area contributed by atoms with Crippen molar-refractivity contribution in [1.82, 2.24) is 24.3 Å². The van der Waals surface area contributed by atoms with Crippen LogP contribution in [0.4, 0.5) is 0 Å². The number of unbranched alkanes of at least 4 members (excludes halogenated alkanes) is 2. The van der Waals surface area contributed by atoms with Gasteiger partial charge >= 0.3 is 5.97 Å². The number of carbonyl (C=O) groups excluding carboxylic acids is 3. The van der Waals surface area contributed by atoms with Crippen LogP contribution in [0.15, 0.2) is 60.9 Å². The second kappa shape index (κ2) is 16.8. The van der Waals surface area contributed by atoms with Crippen molar-refractivity contribution in [2.45, 2.75) is 58.9 Å². The van der Waals surface area contributed by atoms with Gasteiger partial charge in [-0.1, -0.05) is 52.0 Å². The summed E-state index contributed by atoms with van der Waals surface area (Å²) in [5.74, 6) is -0.331. The first-order chi connectivity index (χ1) is 21.2. The molecule has 0 saturated carbocycles. The minimum absolute atomic E-state index is 0.104. The molecule has 1 aromatic carbocycles. The number of rotatable bonds is 16. The number of allylic oxidation sites excluding steroid dienone is 1. The topological polar surface area (TPSA) is 88.0 Å². The SMILES string of the molecule is C=CC1=C(C=C)CN(C(=O)c2cc(C(=O)OC)ccc2-c2nc(C(=O)N(CCCC)CCCC)cn2CCCN(C)C)CC1. The highest BCUT2D eigenvalue weighted by Gasteiger charge is 2.28. The fraction of sp³-hybridized carbons (Fsp3) is 0.486. The highest BCUT2D eigenvalue weighted by Crippen LogP contribution is 2.29. The molecule has 238 valence electrons. The predicted octanol–water partition coefficient (Wildman–Crippen LogP) is 5.85. The molecule has 0 fully saturated rings. The third-order valence-electron chi connectivity index (χ3n) is 7.97. The van der Waals surface area contributed by atoms with Crippen molar-refractivity contribution in [2.75, 3.05) is 53.9 Å². The Balaban J connectivity index is 2.13. The first-order valence-corrected chi connectivity index (χ1v) is 15.7. The van der Waals surface area contributed by atoms with E-state index in [4.69, 9.17) is 9.72 Å². The van der Waals surface area contributed by atoms with Crippen molar-refractivity contribution in [2.24, 2.45) is 0 Å². The lowest BCUT2D eigenvalue weighted by atomic mass is 9.97. The number of ether oxygens (including phenoxy) is 1. The quantitative estimate of drug-likeness (QED) is 0.224. The maximum Gasteiger partial charge on any atom is 0.337 e. The van der Waals surface area contributed by atoms with Crippen LogP contribution in [0.1, 0.15) is 83.6 Å². The van der Waals surface area contributed by atoms with E-state index >= 15 is 0 Å². The largest absolute Gasteiger partial charge is 0.465 e. The number of amides is 2. The molecular formula is C35H49N5O4. The van der Waals surface area contributed by atoms with E-state index in [0.717, 1.165) is 49.8 Å². The highest BCUT2D eigenvalue weighted by atomic mass is 16.5. The molecule has 3 rings (SSSR count). The number of aromatic nitrogens is 2. The molecule has 44 heavy (non-hydrogen) atoms. The van der Waals surface area contributed by atoms with Gasteiger partial charge in [-0.05, 0) is 75.7 Å². The van der Waals surface area contributed by atoms with Crippen LogP contribution in [0.3, 0.4) is 0 Å². The average molecular weight is 604 g/mol. The minimum atomic E-state index is -0.530. The molecule has 0 saturated heterocycles. The maximum atomic E-state index is 14.2. The van der Waals surface area contributed by atoms with Gasteiger partial charge in [0.15, 0.2) is 0 Å². The number of methoxy groups -OCH3 is 1. The standard InChI is InChI=1S/C35H49N5O4/c1-8-12-19-38(20-13-9-2)34(42)31-25-39(21-14-18-37(5)6)32(36-31)29-16-15-28(35(43)44-7)23-30(29)33(41)40-22-17-26(10-3)27(11-4)24-40/h10-11,15-16,23,25H,3-4,8-9,12-14,17-22,24H2,1-2,5-7H3. The highest BCUT2D eigenvalue weighted by molar-refractivity contribution is 6.03. The summed E-state index contributed by atoms with van der Waals surface area (Å²) in [6.07, 6.45) is 10.7. The first kappa shape index (κ1) is 34.5. The van der Waals surface area contributed by atoms with E-state index in [1.807, 2.05) is 35.8 Å². The van der Waals surface area contributed by atoms with Gasteiger partial charge in [-0.25, -0.2) is 9.78 Å². The summed E-state index contributed by atoms with van der Waals surface area (Å²) in [4.78, 5) is 51.2. The molecule has 0 atom stereocenters. The molecular weight excluding hydrogens is 554 g/mol. The van der Waals surface area contributed by atoms with Crippen LogP contribution in [0.25, 0.3) is 11.4 Å². The summed E-state index contributed by atoms with van der Waals surface area (Å²) < 4.78 is 6.95. The van der Waals surface area contributed by atoms with Crippen molar-refractivity contribution in [3.05, 3.63) is 77.7 Å². The number of benzene rings is 1. The molecule has 1 aromatic heterocycles. The third-order valence-corrected chi connectivity index (χ3v) is 7.97. The number of hydrogen-bond acceptors (Lipinski definition) is 6. The molecule has 2 amide bonds. The Hall–Kier alpha value is -3.98. The summed E-state index contributed by atoms with van der Waals surface area (Å²) in [6.45, 7) is 15.8. The predicted molar refractivity (Wildman–Crippen MR) is 176 cm³/mol. The van der Waals surface area contributed by atoms with Crippen LogP contribution in [0, 0.1) is 0 Å². The van der Waals surface area contributed by atoms with Gasteiger partial charge in [-0.15, -0.1) is 0 Å². The molecule has 1 aliphatic heterocycles. The van der Waals surface area contributed by atoms with Gasteiger partial charge in [0, 0.05) is 44.5 Å². The molecule has 0 unspecified atom stereocenters. The normalized spacial score (nSPS) is 13.3. The van der Waals surface area contributed by atoms with Crippen LogP contribution in [-0.4, -0.2) is 96.0 Å². The van der Waals surface area contributed by atoms with Gasteiger partial charge in [0.05, 0.1) is 18.2 Å². The number of imidazole rings is 1. The molecule has 0 spiro atoms. The van der Waals surface area contributed by atoms with Crippen LogP contribution in [0.5, 0.6) is 0 Å². The fourth-order valence-electron chi connectivity index (χ4n) is 5.37. The van der Waals surface area contributed by atoms with Gasteiger partial charge in [0.2, 0.25) is 0 Å². The molecule has 9 heteroatoms. The molecule has 0 radical (unpaired) electrons. The van der Waals surface area contributed by atoms with Crippen molar-refractivity contribution < 1.29 is 19.1 Å². The van der Waals surface area contributed by atoms with Crippen molar-refractivity contribution in [3.63, 3.8) is 0 Å². The minimum Gasteiger partial charge on any atom is -0.465 e. The fourth-order valence-corrected chi connectivity index (χ4v) is 5.37. The number of hydrogen-bond donors (Lipinski definition) is 0. The summed E-state index contributed by atoms with van der Waals surface area (Å²) >= 11 is 0. The molecule has 0 bridgehead atoms. The summed E-state index contributed by atoms with van der Waals surface area (Å²) in [6, 6.07) is 4.97. The zero-order chi connectivity index (χ0) is 32.2. The third kappa shape index (κ3) is 8.56. The van der Waals surface area contributed by atoms with Crippen LogP contribution in [0.2, 0.25) is 0 Å². The monoisotopic (exact) mass is 603 g/mol. The molecule has 2 heterocycles. The van der Waals surface area contributed by atoms with Crippen LogP contribution >= 0.6 is 0 Å². The lowest BCUT2D eigenvalue weighted by Crippen LogP contribution is -2.37.